The van der Waals surface area contributed by atoms with Gasteiger partial charge < -0.3 is 15.5 Å². The Kier molecular flexibility index (Phi) is 5.45. The van der Waals surface area contributed by atoms with Crippen molar-refractivity contribution in [1.82, 2.24) is 25.1 Å². The molecule has 2 aliphatic carbocycles. The minimum absolute atomic E-state index is 0.0467. The molecule has 1 aliphatic heterocycles. The van der Waals surface area contributed by atoms with Gasteiger partial charge in [-0.2, -0.15) is 10.1 Å². The monoisotopic (exact) mass is 464 g/mol. The number of rotatable bonds is 6. The molecule has 33 heavy (non-hydrogen) atoms. The minimum Gasteiger partial charge on any atom is -0.329 e. The van der Waals surface area contributed by atoms with Gasteiger partial charge in [0.05, 0.1) is 5.69 Å². The molecule has 0 bridgehead atoms. The van der Waals surface area contributed by atoms with Crippen LogP contribution in [0.3, 0.4) is 0 Å². The first-order chi connectivity index (χ1) is 16.2. The second-order valence-electron chi connectivity index (χ2n) is 9.14. The fourth-order valence-electron chi connectivity index (χ4n) is 5.37. The van der Waals surface area contributed by atoms with Crippen molar-refractivity contribution in [3.05, 3.63) is 34.6 Å². The van der Waals surface area contributed by atoms with E-state index in [1.807, 2.05) is 10.3 Å². The number of aryl methyl sites for hydroxylation is 1. The van der Waals surface area contributed by atoms with E-state index in [0.29, 0.717) is 17.0 Å². The average Bonchev–Trinajstić information content (AvgIpc) is 3.64. The maximum atomic E-state index is 13.0. The minimum atomic E-state index is -0.291. The molecule has 3 aliphatic rings. The number of nitrogens with zero attached hydrogens (tertiary/aromatic N) is 5. The molecule has 4 heterocycles. The van der Waals surface area contributed by atoms with Crippen LogP contribution in [0.1, 0.15) is 67.8 Å². The normalized spacial score (nSPS) is 20.4. The van der Waals surface area contributed by atoms with Crippen LogP contribution in [0.5, 0.6) is 0 Å². The van der Waals surface area contributed by atoms with Crippen LogP contribution >= 0.6 is 11.3 Å². The summed E-state index contributed by atoms with van der Waals surface area (Å²) in [6, 6.07) is 1.83. The van der Waals surface area contributed by atoms with Crippen molar-refractivity contribution >= 4 is 40.0 Å². The lowest BCUT2D eigenvalue weighted by Crippen LogP contribution is -2.40. The van der Waals surface area contributed by atoms with E-state index in [1.54, 1.807) is 6.20 Å². The summed E-state index contributed by atoms with van der Waals surface area (Å²) < 4.78 is 0. The van der Waals surface area contributed by atoms with Crippen LogP contribution in [0.4, 0.5) is 22.7 Å². The number of hydrogen-bond acceptors (Lipinski definition) is 8. The average molecular weight is 465 g/mol. The van der Waals surface area contributed by atoms with Crippen molar-refractivity contribution < 1.29 is 4.79 Å². The quantitative estimate of drug-likeness (QED) is 0.502. The van der Waals surface area contributed by atoms with Crippen LogP contribution in [0.2, 0.25) is 0 Å². The first-order valence-electron chi connectivity index (χ1n) is 11.9. The smallest absolute Gasteiger partial charge is 0.248 e. The van der Waals surface area contributed by atoms with Crippen LogP contribution in [-0.4, -0.2) is 43.6 Å². The highest BCUT2D eigenvalue weighted by Gasteiger charge is 2.34. The summed E-state index contributed by atoms with van der Waals surface area (Å²) in [6.07, 6.45) is 11.4. The Morgan fingerprint density at radius 2 is 2.03 bits per heavy atom. The zero-order chi connectivity index (χ0) is 22.2. The third-order valence-corrected chi connectivity index (χ3v) is 7.72. The molecule has 0 unspecified atom stereocenters. The fourth-order valence-corrected chi connectivity index (χ4v) is 5.90. The molecule has 1 saturated carbocycles. The predicted molar refractivity (Wildman–Crippen MR) is 128 cm³/mol. The Morgan fingerprint density at radius 3 is 2.88 bits per heavy atom. The number of carbonyl (C=O) groups is 1. The second kappa shape index (κ2) is 8.74. The van der Waals surface area contributed by atoms with E-state index in [2.05, 4.69) is 31.9 Å². The number of carbonyl (C=O) groups excluding carboxylic acids is 1. The summed E-state index contributed by atoms with van der Waals surface area (Å²) in [5, 5.41) is 16.6. The number of nitrogens with one attached hydrogen (secondary N) is 3. The number of thiazole rings is 1. The van der Waals surface area contributed by atoms with Crippen molar-refractivity contribution in [2.24, 2.45) is 0 Å². The Bertz CT molecular complexity index is 1140. The summed E-state index contributed by atoms with van der Waals surface area (Å²) in [5.41, 5.74) is 3.46. The van der Waals surface area contributed by atoms with Gasteiger partial charge in [0.1, 0.15) is 11.9 Å². The molecular formula is C23H28N8OS. The number of amides is 1. The van der Waals surface area contributed by atoms with Gasteiger partial charge in [0.25, 0.3) is 0 Å². The number of fused-ring (bicyclic) bond motifs is 1. The number of anilines is 4. The summed E-state index contributed by atoms with van der Waals surface area (Å²) in [5.74, 6) is 2.79. The van der Waals surface area contributed by atoms with Crippen LogP contribution in [0.25, 0.3) is 0 Å². The maximum Gasteiger partial charge on any atom is 0.248 e. The zero-order valence-electron chi connectivity index (χ0n) is 18.5. The molecule has 3 N–H and O–H groups in total. The zero-order valence-corrected chi connectivity index (χ0v) is 19.3. The van der Waals surface area contributed by atoms with Crippen molar-refractivity contribution in [1.29, 1.82) is 0 Å². The Morgan fingerprint density at radius 1 is 1.12 bits per heavy atom. The molecule has 0 radical (unpaired) electrons. The van der Waals surface area contributed by atoms with Gasteiger partial charge in [-0.3, -0.25) is 9.89 Å². The van der Waals surface area contributed by atoms with E-state index in [0.717, 1.165) is 56.0 Å². The number of hydrogen-bond donors (Lipinski definition) is 3. The predicted octanol–water partition coefficient (Wildman–Crippen LogP) is 4.15. The molecule has 2 fully saturated rings. The lowest BCUT2D eigenvalue weighted by molar-refractivity contribution is -0.117. The molecule has 9 nitrogen and oxygen atoms in total. The van der Waals surface area contributed by atoms with Gasteiger partial charge in [0.15, 0.2) is 10.9 Å². The van der Waals surface area contributed by atoms with Gasteiger partial charge in [-0.15, -0.1) is 11.3 Å². The SMILES string of the molecule is O=C(Nc1nccs1)[C@H]1CCCN1c1nc2c(c(Nc3cc(C4CCCC4)[nH]n3)n1)CCC2. The molecular weight excluding hydrogens is 436 g/mol. The lowest BCUT2D eigenvalue weighted by atomic mass is 10.0. The van der Waals surface area contributed by atoms with Gasteiger partial charge >= 0.3 is 0 Å². The van der Waals surface area contributed by atoms with E-state index in [9.17, 15) is 4.79 Å². The summed E-state index contributed by atoms with van der Waals surface area (Å²) in [7, 11) is 0. The summed E-state index contributed by atoms with van der Waals surface area (Å²) in [6.45, 7) is 0.766. The van der Waals surface area contributed by atoms with Gasteiger partial charge in [-0.1, -0.05) is 12.8 Å². The molecule has 3 aromatic heterocycles. The molecule has 6 rings (SSSR count). The fraction of sp³-hybridized carbons (Fsp3) is 0.522. The van der Waals surface area contributed by atoms with Crippen molar-refractivity contribution in [2.75, 3.05) is 22.1 Å². The third-order valence-electron chi connectivity index (χ3n) is 7.04. The molecule has 1 atom stereocenters. The summed E-state index contributed by atoms with van der Waals surface area (Å²) in [4.78, 5) is 29.0. The molecule has 3 aromatic rings. The topological polar surface area (TPSA) is 112 Å². The van der Waals surface area contributed by atoms with Gasteiger partial charge in [0.2, 0.25) is 11.9 Å². The largest absolute Gasteiger partial charge is 0.329 e. The Balaban J connectivity index is 1.25. The van der Waals surface area contributed by atoms with Crippen LogP contribution < -0.4 is 15.5 Å². The van der Waals surface area contributed by atoms with Gasteiger partial charge in [-0.05, 0) is 44.9 Å². The lowest BCUT2D eigenvalue weighted by Gasteiger charge is -2.24. The van der Waals surface area contributed by atoms with Crippen LogP contribution in [0, 0.1) is 0 Å². The molecule has 0 aromatic carbocycles. The van der Waals surface area contributed by atoms with E-state index in [1.165, 1.54) is 48.3 Å². The van der Waals surface area contributed by atoms with E-state index in [4.69, 9.17) is 9.97 Å². The number of aromatic nitrogens is 5. The van der Waals surface area contributed by atoms with Crippen molar-refractivity contribution in [3.63, 3.8) is 0 Å². The summed E-state index contributed by atoms with van der Waals surface area (Å²) >= 11 is 1.43. The molecule has 1 amide bonds. The molecule has 172 valence electrons. The number of H-pyrrole nitrogens is 1. The molecule has 10 heteroatoms. The van der Waals surface area contributed by atoms with Crippen LogP contribution in [0.15, 0.2) is 17.6 Å². The first kappa shape index (κ1) is 20.6. The van der Waals surface area contributed by atoms with E-state index < -0.39 is 0 Å². The maximum absolute atomic E-state index is 13.0. The van der Waals surface area contributed by atoms with Crippen molar-refractivity contribution in [2.45, 2.75) is 69.7 Å². The highest BCUT2D eigenvalue weighted by atomic mass is 32.1. The molecule has 0 spiro atoms. The van der Waals surface area contributed by atoms with Crippen LogP contribution in [-0.2, 0) is 17.6 Å². The van der Waals surface area contributed by atoms with E-state index >= 15 is 0 Å². The third kappa shape index (κ3) is 4.07. The highest BCUT2D eigenvalue weighted by molar-refractivity contribution is 7.13. The second-order valence-corrected chi connectivity index (χ2v) is 10.0. The first-order valence-corrected chi connectivity index (χ1v) is 12.8. The van der Waals surface area contributed by atoms with Gasteiger partial charge in [0, 0.05) is 41.4 Å². The molecule has 1 saturated heterocycles. The van der Waals surface area contributed by atoms with E-state index in [-0.39, 0.29) is 11.9 Å². The van der Waals surface area contributed by atoms with Crippen molar-refractivity contribution in [3.8, 4) is 0 Å². The Hall–Kier alpha value is -3.01. The number of aromatic amines is 1. The Labute approximate surface area is 196 Å². The standard InChI is InChI=1S/C23H28N8OS/c32-21(28-23-24-10-12-33-23)18-9-4-11-31(18)22-25-16-8-3-7-15(16)20(27-22)26-19-13-17(29-30-19)14-5-1-2-6-14/h10,12-14,18H,1-9,11H2,(H,24,28,32)(H2,25,26,27,29,30)/t18-/m1/s1. The highest BCUT2D eigenvalue weighted by Crippen LogP contribution is 2.36. The van der Waals surface area contributed by atoms with Gasteiger partial charge in [-0.25, -0.2) is 9.97 Å².